The Bertz CT molecular complexity index is 1560. The molecule has 0 radical (unpaired) electrons. The number of ether oxygens (including phenoxy) is 2. The molecule has 4 aromatic carbocycles. The molecule has 0 aliphatic carbocycles. The molecule has 0 bridgehead atoms. The van der Waals surface area contributed by atoms with Crippen molar-refractivity contribution >= 4 is 23.9 Å². The third-order valence-electron chi connectivity index (χ3n) is 5.57. The third-order valence-corrected chi connectivity index (χ3v) is 6.50. The average Bonchev–Trinajstić information content (AvgIpc) is 3.41. The molecule has 9 heteroatoms. The summed E-state index contributed by atoms with van der Waals surface area (Å²) in [6.45, 7) is 0. The summed E-state index contributed by atoms with van der Waals surface area (Å²) < 4.78 is 13.1. The lowest BCUT2D eigenvalue weighted by atomic mass is 10.2. The fourth-order valence-corrected chi connectivity index (χ4v) is 4.47. The summed E-state index contributed by atoms with van der Waals surface area (Å²) in [5.74, 6) is 2.70. The van der Waals surface area contributed by atoms with Crippen molar-refractivity contribution in [3.8, 4) is 34.3 Å². The van der Waals surface area contributed by atoms with Gasteiger partial charge < -0.3 is 9.47 Å². The van der Waals surface area contributed by atoms with Gasteiger partial charge in [-0.15, -0.1) is 10.2 Å². The third kappa shape index (κ3) is 6.71. The molecular weight excluding hydrogens is 510 g/mol. The highest BCUT2D eigenvalue weighted by molar-refractivity contribution is 7.99. The van der Waals surface area contributed by atoms with Gasteiger partial charge in [-0.1, -0.05) is 60.3 Å². The van der Waals surface area contributed by atoms with Crippen molar-refractivity contribution in [1.29, 1.82) is 0 Å². The summed E-state index contributed by atoms with van der Waals surface area (Å²) >= 11 is 1.28. The van der Waals surface area contributed by atoms with Crippen LogP contribution in [0.25, 0.3) is 17.1 Å². The Morgan fingerprint density at radius 2 is 1.59 bits per heavy atom. The molecule has 0 fully saturated rings. The van der Waals surface area contributed by atoms with Crippen molar-refractivity contribution in [2.24, 2.45) is 5.10 Å². The number of rotatable bonds is 10. The molecule has 8 nitrogen and oxygen atoms in total. The highest BCUT2D eigenvalue weighted by Gasteiger charge is 2.17. The smallest absolute Gasteiger partial charge is 0.250 e. The van der Waals surface area contributed by atoms with Gasteiger partial charge in [-0.3, -0.25) is 9.36 Å². The molecule has 0 unspecified atom stereocenters. The summed E-state index contributed by atoms with van der Waals surface area (Å²) in [5, 5.41) is 13.5. The summed E-state index contributed by atoms with van der Waals surface area (Å²) in [5.41, 5.74) is 5.15. The fourth-order valence-electron chi connectivity index (χ4n) is 3.72. The van der Waals surface area contributed by atoms with Crippen LogP contribution in [0.1, 0.15) is 5.56 Å². The van der Waals surface area contributed by atoms with Gasteiger partial charge in [0.1, 0.15) is 17.2 Å². The minimum absolute atomic E-state index is 0.113. The van der Waals surface area contributed by atoms with E-state index in [1.54, 1.807) is 13.3 Å². The van der Waals surface area contributed by atoms with Gasteiger partial charge in [0.25, 0.3) is 5.91 Å². The number of para-hydroxylation sites is 2. The molecule has 0 saturated heterocycles. The van der Waals surface area contributed by atoms with Crippen LogP contribution in [0.3, 0.4) is 0 Å². The molecule has 5 aromatic rings. The molecular formula is C30H25N5O3S. The van der Waals surface area contributed by atoms with Crippen LogP contribution >= 0.6 is 11.8 Å². The fraction of sp³-hybridized carbons (Fsp3) is 0.0667. The van der Waals surface area contributed by atoms with Crippen LogP contribution in [0.15, 0.2) is 119 Å². The zero-order valence-corrected chi connectivity index (χ0v) is 21.9. The zero-order chi connectivity index (χ0) is 26.9. The number of amides is 1. The normalized spacial score (nSPS) is 10.9. The number of nitrogens with one attached hydrogen (secondary N) is 1. The first-order chi connectivity index (χ1) is 19.2. The number of nitrogens with zero attached hydrogens (tertiary/aromatic N) is 4. The first-order valence-corrected chi connectivity index (χ1v) is 13.1. The molecule has 1 heterocycles. The number of carbonyl (C=O) groups is 1. The molecule has 1 N–H and O–H groups in total. The van der Waals surface area contributed by atoms with Crippen LogP contribution in [-0.4, -0.2) is 39.7 Å². The molecule has 194 valence electrons. The number of thioether (sulfide) groups is 1. The van der Waals surface area contributed by atoms with Crippen LogP contribution in [0.4, 0.5) is 0 Å². The van der Waals surface area contributed by atoms with Gasteiger partial charge in [0.05, 0.1) is 19.1 Å². The maximum absolute atomic E-state index is 12.6. The van der Waals surface area contributed by atoms with Gasteiger partial charge in [0.2, 0.25) is 0 Å². The van der Waals surface area contributed by atoms with Gasteiger partial charge in [0.15, 0.2) is 11.0 Å². The number of methoxy groups -OCH3 is 1. The van der Waals surface area contributed by atoms with E-state index in [1.165, 1.54) is 11.8 Å². The van der Waals surface area contributed by atoms with Crippen molar-refractivity contribution in [3.05, 3.63) is 115 Å². The van der Waals surface area contributed by atoms with E-state index >= 15 is 0 Å². The number of aromatic nitrogens is 3. The van der Waals surface area contributed by atoms with E-state index in [-0.39, 0.29) is 11.7 Å². The predicted molar refractivity (Wildman–Crippen MR) is 153 cm³/mol. The van der Waals surface area contributed by atoms with E-state index in [1.807, 2.05) is 114 Å². The number of hydrogen-bond donors (Lipinski definition) is 1. The first kappa shape index (κ1) is 25.7. The molecule has 1 aromatic heterocycles. The topological polar surface area (TPSA) is 90.6 Å². The minimum atomic E-state index is -0.262. The van der Waals surface area contributed by atoms with Crippen molar-refractivity contribution in [3.63, 3.8) is 0 Å². The van der Waals surface area contributed by atoms with E-state index < -0.39 is 0 Å². The Hall–Kier alpha value is -4.89. The molecule has 0 aliphatic rings. The van der Waals surface area contributed by atoms with Gasteiger partial charge >= 0.3 is 0 Å². The average molecular weight is 536 g/mol. The van der Waals surface area contributed by atoms with Crippen LogP contribution < -0.4 is 14.9 Å². The summed E-state index contributed by atoms with van der Waals surface area (Å²) in [6.07, 6.45) is 1.58. The van der Waals surface area contributed by atoms with Crippen molar-refractivity contribution in [2.45, 2.75) is 5.16 Å². The maximum atomic E-state index is 12.6. The largest absolute Gasteiger partial charge is 0.497 e. The highest BCUT2D eigenvalue weighted by atomic mass is 32.2. The van der Waals surface area contributed by atoms with Crippen molar-refractivity contribution in [1.82, 2.24) is 20.2 Å². The van der Waals surface area contributed by atoms with E-state index in [0.717, 1.165) is 28.3 Å². The zero-order valence-electron chi connectivity index (χ0n) is 21.1. The number of hydrazone groups is 1. The molecule has 0 atom stereocenters. The van der Waals surface area contributed by atoms with Gasteiger partial charge in [-0.25, -0.2) is 5.43 Å². The highest BCUT2D eigenvalue weighted by Crippen LogP contribution is 2.29. The second-order valence-corrected chi connectivity index (χ2v) is 9.22. The standard InChI is InChI=1S/C30H25N5O3S/c1-37-25-17-15-23(16-18-25)29-33-34-30(35(29)24-10-4-2-5-11-24)39-21-28(36)32-31-20-22-9-8-14-27(19-22)38-26-12-6-3-7-13-26/h2-20H,21H2,1H3,(H,32,36). The predicted octanol–water partition coefficient (Wildman–Crippen LogP) is 5.98. The van der Waals surface area contributed by atoms with Crippen molar-refractivity contribution in [2.75, 3.05) is 12.9 Å². The molecule has 0 spiro atoms. The number of hydrogen-bond acceptors (Lipinski definition) is 7. The van der Waals surface area contributed by atoms with Gasteiger partial charge in [-0.2, -0.15) is 5.10 Å². The lowest BCUT2D eigenvalue weighted by molar-refractivity contribution is -0.118. The first-order valence-electron chi connectivity index (χ1n) is 12.1. The lowest BCUT2D eigenvalue weighted by Gasteiger charge is -2.10. The monoisotopic (exact) mass is 535 g/mol. The van der Waals surface area contributed by atoms with Gasteiger partial charge in [0, 0.05) is 11.3 Å². The van der Waals surface area contributed by atoms with E-state index in [9.17, 15) is 4.79 Å². The second-order valence-electron chi connectivity index (χ2n) is 8.28. The van der Waals surface area contributed by atoms with Crippen LogP contribution in [0.5, 0.6) is 17.2 Å². The van der Waals surface area contributed by atoms with Crippen LogP contribution in [0, 0.1) is 0 Å². The quantitative estimate of drug-likeness (QED) is 0.134. The molecule has 5 rings (SSSR count). The van der Waals surface area contributed by atoms with Crippen LogP contribution in [-0.2, 0) is 4.79 Å². The number of benzene rings is 4. The molecule has 0 aliphatic heterocycles. The molecule has 39 heavy (non-hydrogen) atoms. The Balaban J connectivity index is 1.24. The lowest BCUT2D eigenvalue weighted by Crippen LogP contribution is -2.20. The van der Waals surface area contributed by atoms with E-state index in [2.05, 4.69) is 20.7 Å². The summed E-state index contributed by atoms with van der Waals surface area (Å²) in [6, 6.07) is 34.4. The Labute approximate surface area is 230 Å². The van der Waals surface area contributed by atoms with Crippen molar-refractivity contribution < 1.29 is 14.3 Å². The summed E-state index contributed by atoms with van der Waals surface area (Å²) in [7, 11) is 1.63. The Kier molecular flexibility index (Phi) is 8.30. The molecule has 1 amide bonds. The van der Waals surface area contributed by atoms with E-state index in [0.29, 0.717) is 16.7 Å². The minimum Gasteiger partial charge on any atom is -0.497 e. The van der Waals surface area contributed by atoms with Gasteiger partial charge in [-0.05, 0) is 66.2 Å². The van der Waals surface area contributed by atoms with E-state index in [4.69, 9.17) is 9.47 Å². The molecule has 0 saturated carbocycles. The summed E-state index contributed by atoms with van der Waals surface area (Å²) in [4.78, 5) is 12.6. The van der Waals surface area contributed by atoms with Crippen LogP contribution in [0.2, 0.25) is 0 Å². The number of carbonyl (C=O) groups excluding carboxylic acids is 1. The Morgan fingerprint density at radius 1 is 0.872 bits per heavy atom. The second kappa shape index (κ2) is 12.6. The maximum Gasteiger partial charge on any atom is 0.250 e. The Morgan fingerprint density at radius 3 is 2.33 bits per heavy atom. The SMILES string of the molecule is COc1ccc(-c2nnc(SCC(=O)NN=Cc3cccc(Oc4ccccc4)c3)n2-c2ccccc2)cc1.